The summed E-state index contributed by atoms with van der Waals surface area (Å²) in [6.07, 6.45) is 3.16. The summed E-state index contributed by atoms with van der Waals surface area (Å²) >= 11 is 0. The number of amides is 1. The number of benzene rings is 1. The second-order valence-corrected chi connectivity index (χ2v) is 4.91. The third-order valence-electron chi connectivity index (χ3n) is 3.37. The van der Waals surface area contributed by atoms with Gasteiger partial charge in [-0.1, -0.05) is 18.2 Å². The van der Waals surface area contributed by atoms with Gasteiger partial charge in [-0.2, -0.15) is 0 Å². The fraction of sp³-hybridized carbons (Fsp3) is 0.467. The van der Waals surface area contributed by atoms with Crippen LogP contribution in [-0.4, -0.2) is 41.6 Å². The van der Waals surface area contributed by atoms with Crippen molar-refractivity contribution in [2.24, 2.45) is 0 Å². The summed E-state index contributed by atoms with van der Waals surface area (Å²) in [5.41, 5.74) is 0.589. The van der Waals surface area contributed by atoms with Gasteiger partial charge in [0.2, 0.25) is 0 Å². The molecule has 20 heavy (non-hydrogen) atoms. The van der Waals surface area contributed by atoms with E-state index in [1.165, 1.54) is 6.42 Å². The molecule has 0 atom stereocenters. The predicted octanol–water partition coefficient (Wildman–Crippen LogP) is 1.70. The number of carbonyl (C=O) groups excluding carboxylic acids is 1. The first-order valence-electron chi connectivity index (χ1n) is 6.87. The minimum atomic E-state index is -0.914. The Morgan fingerprint density at radius 3 is 2.55 bits per heavy atom. The number of rotatable bonds is 5. The van der Waals surface area contributed by atoms with Crippen LogP contribution >= 0.6 is 0 Å². The van der Waals surface area contributed by atoms with E-state index in [-0.39, 0.29) is 18.9 Å². The fourth-order valence-corrected chi connectivity index (χ4v) is 2.33. The Balaban J connectivity index is 1.92. The molecule has 0 aliphatic carbocycles. The molecule has 1 saturated heterocycles. The van der Waals surface area contributed by atoms with Gasteiger partial charge in [0.1, 0.15) is 5.75 Å². The molecule has 0 aromatic heterocycles. The summed E-state index contributed by atoms with van der Waals surface area (Å²) in [6, 6.07) is 6.93. The minimum Gasteiger partial charge on any atom is -0.483 e. The summed E-state index contributed by atoms with van der Waals surface area (Å²) in [4.78, 5) is 24.6. The van der Waals surface area contributed by atoms with Crippen LogP contribution < -0.4 is 4.74 Å². The zero-order valence-electron chi connectivity index (χ0n) is 11.4. The quantitative estimate of drug-likeness (QED) is 0.889. The Morgan fingerprint density at radius 2 is 1.85 bits per heavy atom. The second-order valence-electron chi connectivity index (χ2n) is 4.91. The number of hydrogen-bond donors (Lipinski definition) is 1. The van der Waals surface area contributed by atoms with E-state index in [1.54, 1.807) is 24.3 Å². The lowest BCUT2D eigenvalue weighted by atomic mass is 10.1. The van der Waals surface area contributed by atoms with E-state index in [1.807, 2.05) is 4.90 Å². The van der Waals surface area contributed by atoms with Crippen molar-refractivity contribution in [2.75, 3.05) is 19.7 Å². The average Bonchev–Trinajstić information content (AvgIpc) is 2.46. The number of aliphatic carboxylic acids is 1. The Bertz CT molecular complexity index is 481. The number of likely N-dealkylation sites (tertiary alicyclic amines) is 1. The largest absolute Gasteiger partial charge is 0.483 e. The van der Waals surface area contributed by atoms with Gasteiger partial charge in [0, 0.05) is 18.7 Å². The van der Waals surface area contributed by atoms with Crippen LogP contribution in [0.2, 0.25) is 0 Å². The maximum atomic E-state index is 12.0. The third-order valence-corrected chi connectivity index (χ3v) is 3.37. The first kappa shape index (κ1) is 14.4. The van der Waals surface area contributed by atoms with E-state index in [9.17, 15) is 9.59 Å². The van der Waals surface area contributed by atoms with E-state index in [4.69, 9.17) is 9.84 Å². The lowest BCUT2D eigenvalue weighted by Gasteiger charge is -2.26. The van der Waals surface area contributed by atoms with Crippen molar-refractivity contribution in [1.29, 1.82) is 0 Å². The molecule has 0 saturated carbocycles. The molecule has 0 spiro atoms. The molecule has 0 unspecified atom stereocenters. The van der Waals surface area contributed by atoms with Crippen LogP contribution in [-0.2, 0) is 16.0 Å². The van der Waals surface area contributed by atoms with Gasteiger partial charge in [-0.25, -0.2) is 0 Å². The molecule has 5 heteroatoms. The number of piperidine rings is 1. The molecule has 1 heterocycles. The van der Waals surface area contributed by atoms with Crippen molar-refractivity contribution in [3.8, 4) is 5.75 Å². The van der Waals surface area contributed by atoms with Crippen LogP contribution in [0.1, 0.15) is 24.8 Å². The molecule has 1 fully saturated rings. The summed E-state index contributed by atoms with van der Waals surface area (Å²) in [6.45, 7) is 1.55. The molecule has 2 rings (SSSR count). The number of carboxylic acid groups (broad SMARTS) is 1. The van der Waals surface area contributed by atoms with E-state index < -0.39 is 5.97 Å². The molecule has 5 nitrogen and oxygen atoms in total. The normalized spacial score (nSPS) is 14.9. The zero-order chi connectivity index (χ0) is 14.4. The zero-order valence-corrected chi connectivity index (χ0v) is 11.4. The van der Waals surface area contributed by atoms with Crippen LogP contribution in [0.3, 0.4) is 0 Å². The maximum Gasteiger partial charge on any atom is 0.307 e. The molecule has 108 valence electrons. The van der Waals surface area contributed by atoms with Crippen molar-refractivity contribution in [1.82, 2.24) is 4.90 Å². The maximum absolute atomic E-state index is 12.0. The van der Waals surface area contributed by atoms with Crippen molar-refractivity contribution >= 4 is 11.9 Å². The van der Waals surface area contributed by atoms with Crippen molar-refractivity contribution in [3.63, 3.8) is 0 Å². The standard InChI is InChI=1S/C15H19NO4/c17-14(16-8-4-1-5-9-16)11-20-13-7-3-2-6-12(13)10-15(18)19/h2-3,6-7H,1,4-5,8-11H2,(H,18,19). The van der Waals surface area contributed by atoms with E-state index >= 15 is 0 Å². The highest BCUT2D eigenvalue weighted by Crippen LogP contribution is 2.19. The van der Waals surface area contributed by atoms with Gasteiger partial charge in [0.25, 0.3) is 5.91 Å². The molecular weight excluding hydrogens is 258 g/mol. The molecule has 1 aromatic rings. The summed E-state index contributed by atoms with van der Waals surface area (Å²) < 4.78 is 5.50. The van der Waals surface area contributed by atoms with Gasteiger partial charge in [-0.3, -0.25) is 9.59 Å². The smallest absolute Gasteiger partial charge is 0.307 e. The van der Waals surface area contributed by atoms with Crippen molar-refractivity contribution in [3.05, 3.63) is 29.8 Å². The van der Waals surface area contributed by atoms with Gasteiger partial charge >= 0.3 is 5.97 Å². The average molecular weight is 277 g/mol. The van der Waals surface area contributed by atoms with Crippen LogP contribution in [0.4, 0.5) is 0 Å². The molecule has 1 aromatic carbocycles. The molecule has 1 N–H and O–H groups in total. The lowest BCUT2D eigenvalue weighted by Crippen LogP contribution is -2.38. The second kappa shape index (κ2) is 6.93. The van der Waals surface area contributed by atoms with E-state index in [2.05, 4.69) is 0 Å². The lowest BCUT2D eigenvalue weighted by molar-refractivity contribution is -0.136. The molecule has 0 radical (unpaired) electrons. The van der Waals surface area contributed by atoms with Crippen LogP contribution in [0.5, 0.6) is 5.75 Å². The topological polar surface area (TPSA) is 66.8 Å². The highest BCUT2D eigenvalue weighted by Gasteiger charge is 2.17. The Kier molecular flexibility index (Phi) is 4.98. The van der Waals surface area contributed by atoms with E-state index in [0.29, 0.717) is 11.3 Å². The summed E-state index contributed by atoms with van der Waals surface area (Å²) in [7, 11) is 0. The number of para-hydroxylation sites is 1. The summed E-state index contributed by atoms with van der Waals surface area (Å²) in [5.74, 6) is -0.474. The number of nitrogens with zero attached hydrogens (tertiary/aromatic N) is 1. The molecule has 1 aliphatic heterocycles. The SMILES string of the molecule is O=C(O)Cc1ccccc1OCC(=O)N1CCCCC1. The summed E-state index contributed by atoms with van der Waals surface area (Å²) in [5, 5.41) is 8.84. The number of hydrogen-bond acceptors (Lipinski definition) is 3. The van der Waals surface area contributed by atoms with Crippen LogP contribution in [0.25, 0.3) is 0 Å². The Hall–Kier alpha value is -2.04. The molecule has 1 aliphatic rings. The number of carboxylic acids is 1. The fourth-order valence-electron chi connectivity index (χ4n) is 2.33. The van der Waals surface area contributed by atoms with Gasteiger partial charge in [0.05, 0.1) is 6.42 Å². The first-order chi connectivity index (χ1) is 9.66. The van der Waals surface area contributed by atoms with Crippen molar-refractivity contribution in [2.45, 2.75) is 25.7 Å². The first-order valence-corrected chi connectivity index (χ1v) is 6.87. The highest BCUT2D eigenvalue weighted by atomic mass is 16.5. The predicted molar refractivity (Wildman–Crippen MR) is 73.7 cm³/mol. The number of ether oxygens (including phenoxy) is 1. The molecule has 0 bridgehead atoms. The van der Waals surface area contributed by atoms with Gasteiger partial charge in [-0.05, 0) is 25.3 Å². The number of carbonyl (C=O) groups is 2. The molecular formula is C15H19NO4. The van der Waals surface area contributed by atoms with Gasteiger partial charge in [-0.15, -0.1) is 0 Å². The highest BCUT2D eigenvalue weighted by molar-refractivity contribution is 5.78. The van der Waals surface area contributed by atoms with Crippen LogP contribution in [0, 0.1) is 0 Å². The third kappa shape index (κ3) is 3.98. The van der Waals surface area contributed by atoms with Gasteiger partial charge < -0.3 is 14.7 Å². The van der Waals surface area contributed by atoms with Crippen LogP contribution in [0.15, 0.2) is 24.3 Å². The monoisotopic (exact) mass is 277 g/mol. The molecule has 1 amide bonds. The Morgan fingerprint density at radius 1 is 1.15 bits per heavy atom. The van der Waals surface area contributed by atoms with Gasteiger partial charge in [0.15, 0.2) is 6.61 Å². The van der Waals surface area contributed by atoms with E-state index in [0.717, 1.165) is 25.9 Å². The minimum absolute atomic E-state index is 0.0311. The van der Waals surface area contributed by atoms with Crippen molar-refractivity contribution < 1.29 is 19.4 Å². The Labute approximate surface area is 118 Å².